The lowest BCUT2D eigenvalue weighted by atomic mass is 9.91. The maximum absolute atomic E-state index is 4.62. The Morgan fingerprint density at radius 2 is 1.55 bits per heavy atom. The van der Waals surface area contributed by atoms with Crippen molar-refractivity contribution in [2.75, 3.05) is 0 Å². The van der Waals surface area contributed by atoms with Crippen molar-refractivity contribution in [1.29, 1.82) is 0 Å². The van der Waals surface area contributed by atoms with Gasteiger partial charge in [0.15, 0.2) is 5.11 Å². The summed E-state index contributed by atoms with van der Waals surface area (Å²) in [5.74, 6) is 1.04. The quantitative estimate of drug-likeness (QED) is 0.550. The molecule has 0 heterocycles. The van der Waals surface area contributed by atoms with Crippen molar-refractivity contribution >= 4 is 17.3 Å². The van der Waals surface area contributed by atoms with Gasteiger partial charge >= 0.3 is 0 Å². The zero-order chi connectivity index (χ0) is 8.69. The Balaban J connectivity index is 0.000000218. The van der Waals surface area contributed by atoms with Gasteiger partial charge in [-0.25, -0.2) is 0 Å². The Labute approximate surface area is 74.3 Å². The van der Waals surface area contributed by atoms with Crippen LogP contribution in [0.5, 0.6) is 0 Å². The van der Waals surface area contributed by atoms with Crippen LogP contribution in [0.4, 0.5) is 0 Å². The normalized spacial score (nSPS) is 18.3. The number of hydrogen-bond donors (Lipinski definition) is 2. The summed E-state index contributed by atoms with van der Waals surface area (Å²) < 4.78 is 0. The molecule has 1 aliphatic carbocycles. The van der Waals surface area contributed by atoms with Gasteiger partial charge < -0.3 is 11.5 Å². The molecule has 1 aliphatic rings. The van der Waals surface area contributed by atoms with E-state index in [0.717, 1.165) is 5.92 Å². The standard InChI is InChI=1S/C7H14.CH4N2S/c1-7-5-3-2-4-6-7;2-1(3)4/h7H,2-6H2,1H3;(H4,2,3,4). The van der Waals surface area contributed by atoms with Crippen LogP contribution < -0.4 is 11.5 Å². The summed E-state index contributed by atoms with van der Waals surface area (Å²) in [6, 6.07) is 0. The van der Waals surface area contributed by atoms with Crippen LogP contribution in [0.25, 0.3) is 0 Å². The molecular weight excluding hydrogens is 156 g/mol. The number of rotatable bonds is 0. The van der Waals surface area contributed by atoms with E-state index in [1.165, 1.54) is 32.1 Å². The van der Waals surface area contributed by atoms with Gasteiger partial charge in [-0.15, -0.1) is 0 Å². The van der Waals surface area contributed by atoms with E-state index in [0.29, 0.717) is 0 Å². The van der Waals surface area contributed by atoms with E-state index >= 15 is 0 Å². The van der Waals surface area contributed by atoms with Crippen LogP contribution >= 0.6 is 12.2 Å². The van der Waals surface area contributed by atoms with Crippen molar-refractivity contribution in [2.24, 2.45) is 17.4 Å². The molecule has 2 nitrogen and oxygen atoms in total. The maximum Gasteiger partial charge on any atom is 0.160 e. The zero-order valence-electron chi connectivity index (χ0n) is 7.18. The first-order valence-corrected chi connectivity index (χ1v) is 4.58. The van der Waals surface area contributed by atoms with E-state index in [1.54, 1.807) is 0 Å². The van der Waals surface area contributed by atoms with Gasteiger partial charge in [-0.3, -0.25) is 0 Å². The molecule has 3 heteroatoms. The molecule has 0 saturated heterocycles. The molecular formula is C8H18N2S. The summed E-state index contributed by atoms with van der Waals surface area (Å²) in [6.07, 6.45) is 7.44. The SMILES string of the molecule is CC1CCCCC1.NC(N)=S. The molecule has 0 atom stereocenters. The number of hydrogen-bond acceptors (Lipinski definition) is 1. The zero-order valence-corrected chi connectivity index (χ0v) is 7.99. The molecule has 66 valence electrons. The predicted molar refractivity (Wildman–Crippen MR) is 53.2 cm³/mol. The molecule has 0 aromatic heterocycles. The fraction of sp³-hybridized carbons (Fsp3) is 0.875. The van der Waals surface area contributed by atoms with Crippen molar-refractivity contribution < 1.29 is 0 Å². The lowest BCUT2D eigenvalue weighted by Crippen LogP contribution is -2.18. The monoisotopic (exact) mass is 174 g/mol. The van der Waals surface area contributed by atoms with Gasteiger partial charge in [-0.2, -0.15) is 0 Å². The van der Waals surface area contributed by atoms with Crippen LogP contribution in [0.1, 0.15) is 39.0 Å². The van der Waals surface area contributed by atoms with Gasteiger partial charge in [0, 0.05) is 0 Å². The summed E-state index contributed by atoms with van der Waals surface area (Å²) in [4.78, 5) is 0. The third-order valence-corrected chi connectivity index (χ3v) is 1.89. The molecule has 1 rings (SSSR count). The minimum Gasteiger partial charge on any atom is -0.377 e. The first kappa shape index (κ1) is 10.7. The van der Waals surface area contributed by atoms with Gasteiger partial charge in [-0.05, 0) is 18.1 Å². The van der Waals surface area contributed by atoms with Gasteiger partial charge in [-0.1, -0.05) is 39.0 Å². The minimum atomic E-state index is 0.000000000000000222. The number of nitrogens with two attached hydrogens (primary N) is 2. The molecule has 0 amide bonds. The van der Waals surface area contributed by atoms with Gasteiger partial charge in [0.1, 0.15) is 0 Å². The fourth-order valence-corrected chi connectivity index (χ4v) is 1.31. The molecule has 0 aliphatic heterocycles. The summed E-state index contributed by atoms with van der Waals surface area (Å²) in [7, 11) is 0. The largest absolute Gasteiger partial charge is 0.377 e. The fourth-order valence-electron chi connectivity index (χ4n) is 1.31. The molecule has 11 heavy (non-hydrogen) atoms. The molecule has 0 radical (unpaired) electrons. The average Bonchev–Trinajstić information content (AvgIpc) is 1.87. The first-order chi connectivity index (χ1) is 5.13. The second kappa shape index (κ2) is 6.40. The van der Waals surface area contributed by atoms with Crippen LogP contribution in [-0.4, -0.2) is 5.11 Å². The van der Waals surface area contributed by atoms with E-state index in [4.69, 9.17) is 0 Å². The van der Waals surface area contributed by atoms with Gasteiger partial charge in [0.25, 0.3) is 0 Å². The molecule has 1 fully saturated rings. The Hall–Kier alpha value is -0.310. The van der Waals surface area contributed by atoms with Crippen molar-refractivity contribution in [3.8, 4) is 0 Å². The summed E-state index contributed by atoms with van der Waals surface area (Å²) in [6.45, 7) is 2.36. The van der Waals surface area contributed by atoms with Gasteiger partial charge in [0.2, 0.25) is 0 Å². The summed E-state index contributed by atoms with van der Waals surface area (Å²) >= 11 is 4.09. The second-order valence-electron chi connectivity index (χ2n) is 3.15. The second-order valence-corrected chi connectivity index (χ2v) is 3.62. The molecule has 0 unspecified atom stereocenters. The molecule has 1 saturated carbocycles. The minimum absolute atomic E-state index is 0.000000000000000222. The third-order valence-electron chi connectivity index (χ3n) is 1.89. The highest BCUT2D eigenvalue weighted by atomic mass is 32.1. The van der Waals surface area contributed by atoms with Crippen LogP contribution in [0.2, 0.25) is 0 Å². The molecule has 4 N–H and O–H groups in total. The molecule has 0 aromatic rings. The molecule has 0 aromatic carbocycles. The van der Waals surface area contributed by atoms with Crippen LogP contribution in [0.3, 0.4) is 0 Å². The molecule has 0 bridgehead atoms. The Kier molecular flexibility index (Phi) is 6.22. The third kappa shape index (κ3) is 9.69. The molecule has 0 spiro atoms. The van der Waals surface area contributed by atoms with Crippen molar-refractivity contribution in [3.63, 3.8) is 0 Å². The highest BCUT2D eigenvalue weighted by Gasteiger charge is 2.05. The smallest absolute Gasteiger partial charge is 0.160 e. The van der Waals surface area contributed by atoms with E-state index in [-0.39, 0.29) is 5.11 Å². The summed E-state index contributed by atoms with van der Waals surface area (Å²) in [5, 5.41) is 0.000000000000000222. The Morgan fingerprint density at radius 3 is 1.73 bits per heavy atom. The number of thiocarbonyl (C=S) groups is 1. The van der Waals surface area contributed by atoms with Gasteiger partial charge in [0.05, 0.1) is 0 Å². The van der Waals surface area contributed by atoms with Crippen molar-refractivity contribution in [3.05, 3.63) is 0 Å². The van der Waals surface area contributed by atoms with Crippen LogP contribution in [0, 0.1) is 5.92 Å². The van der Waals surface area contributed by atoms with Crippen molar-refractivity contribution in [1.82, 2.24) is 0 Å². The lowest BCUT2D eigenvalue weighted by molar-refractivity contribution is 0.385. The van der Waals surface area contributed by atoms with E-state index in [2.05, 4.69) is 30.6 Å². The van der Waals surface area contributed by atoms with E-state index in [9.17, 15) is 0 Å². The summed E-state index contributed by atoms with van der Waals surface area (Å²) in [5.41, 5.74) is 9.24. The van der Waals surface area contributed by atoms with Crippen LogP contribution in [-0.2, 0) is 0 Å². The van der Waals surface area contributed by atoms with Crippen LogP contribution in [0.15, 0.2) is 0 Å². The predicted octanol–water partition coefficient (Wildman–Crippen LogP) is 1.78. The Bertz CT molecular complexity index is 105. The first-order valence-electron chi connectivity index (χ1n) is 4.18. The van der Waals surface area contributed by atoms with E-state index < -0.39 is 0 Å². The Morgan fingerprint density at radius 1 is 1.18 bits per heavy atom. The lowest BCUT2D eigenvalue weighted by Gasteiger charge is -2.15. The topological polar surface area (TPSA) is 52.0 Å². The van der Waals surface area contributed by atoms with E-state index in [1.807, 2.05) is 0 Å². The maximum atomic E-state index is 4.62. The highest BCUT2D eigenvalue weighted by molar-refractivity contribution is 7.80. The van der Waals surface area contributed by atoms with Crippen molar-refractivity contribution in [2.45, 2.75) is 39.0 Å². The average molecular weight is 174 g/mol. The highest BCUT2D eigenvalue weighted by Crippen LogP contribution is 2.21.